The lowest BCUT2D eigenvalue weighted by atomic mass is 10.2. The maximum Gasteiger partial charge on any atom is 0.401 e. The molecule has 0 saturated heterocycles. The van der Waals surface area contributed by atoms with Crippen molar-refractivity contribution in [3.05, 3.63) is 29.8 Å². The summed E-state index contributed by atoms with van der Waals surface area (Å²) in [5.74, 6) is -0.549. The van der Waals surface area contributed by atoms with E-state index >= 15 is 0 Å². The monoisotopic (exact) mass is 290 g/mol. The topological polar surface area (TPSA) is 52.6 Å². The van der Waals surface area contributed by atoms with Gasteiger partial charge in [-0.2, -0.15) is 13.2 Å². The zero-order chi connectivity index (χ0) is 15.2. The molecule has 4 nitrogen and oxygen atoms in total. The molecule has 1 rings (SSSR count). The van der Waals surface area contributed by atoms with E-state index in [1.54, 1.807) is 24.3 Å². The van der Waals surface area contributed by atoms with Gasteiger partial charge in [-0.25, -0.2) is 0 Å². The van der Waals surface area contributed by atoms with Crippen molar-refractivity contribution in [1.29, 1.82) is 0 Å². The normalized spacial score (nSPS) is 11.7. The van der Waals surface area contributed by atoms with Crippen LogP contribution in [0.5, 0.6) is 0 Å². The Morgan fingerprint density at radius 3 is 2.40 bits per heavy atom. The fraction of sp³-hybridized carbons (Fsp3) is 0.462. The fourth-order valence-corrected chi connectivity index (χ4v) is 1.65. The average molecular weight is 290 g/mol. The zero-order valence-electron chi connectivity index (χ0n) is 11.1. The number of anilines is 1. The SMILES string of the molecule is Cc1ccc(NC(=O)CN(CCO)CC(F)(F)F)cc1. The number of carbonyl (C=O) groups is 1. The van der Waals surface area contributed by atoms with Gasteiger partial charge in [-0.05, 0) is 19.1 Å². The van der Waals surface area contributed by atoms with Crippen molar-refractivity contribution >= 4 is 11.6 Å². The van der Waals surface area contributed by atoms with Crippen molar-refractivity contribution in [3.63, 3.8) is 0 Å². The Balaban J connectivity index is 2.55. The quantitative estimate of drug-likeness (QED) is 0.840. The van der Waals surface area contributed by atoms with Crippen LogP contribution in [-0.2, 0) is 4.79 Å². The van der Waals surface area contributed by atoms with Crippen molar-refractivity contribution in [2.24, 2.45) is 0 Å². The molecule has 112 valence electrons. The summed E-state index contributed by atoms with van der Waals surface area (Å²) in [6, 6.07) is 6.92. The van der Waals surface area contributed by atoms with Gasteiger partial charge in [-0.1, -0.05) is 17.7 Å². The molecule has 0 unspecified atom stereocenters. The number of hydrogen-bond acceptors (Lipinski definition) is 3. The molecule has 0 heterocycles. The molecular weight excluding hydrogens is 273 g/mol. The third-order valence-corrected chi connectivity index (χ3v) is 2.52. The van der Waals surface area contributed by atoms with Crippen LogP contribution in [0.2, 0.25) is 0 Å². The minimum absolute atomic E-state index is 0.208. The number of nitrogens with zero attached hydrogens (tertiary/aromatic N) is 1. The molecule has 0 spiro atoms. The summed E-state index contributed by atoms with van der Waals surface area (Å²) in [6.45, 7) is -0.407. The Labute approximate surface area is 115 Å². The van der Waals surface area contributed by atoms with Gasteiger partial charge in [0.15, 0.2) is 0 Å². The minimum atomic E-state index is -4.40. The predicted octanol–water partition coefficient (Wildman–Crippen LogP) is 1.79. The number of benzene rings is 1. The van der Waals surface area contributed by atoms with E-state index in [4.69, 9.17) is 5.11 Å². The first-order chi connectivity index (χ1) is 9.30. The van der Waals surface area contributed by atoms with Gasteiger partial charge >= 0.3 is 6.18 Å². The Bertz CT molecular complexity index is 432. The van der Waals surface area contributed by atoms with Crippen molar-refractivity contribution in [2.45, 2.75) is 13.1 Å². The van der Waals surface area contributed by atoms with Crippen molar-refractivity contribution in [3.8, 4) is 0 Å². The van der Waals surface area contributed by atoms with Gasteiger partial charge in [-0.15, -0.1) is 0 Å². The highest BCUT2D eigenvalue weighted by Gasteiger charge is 2.31. The van der Waals surface area contributed by atoms with Crippen molar-refractivity contribution in [1.82, 2.24) is 4.90 Å². The van der Waals surface area contributed by atoms with E-state index in [1.807, 2.05) is 6.92 Å². The number of halogens is 3. The summed E-state index contributed by atoms with van der Waals surface area (Å²) in [6.07, 6.45) is -4.40. The van der Waals surface area contributed by atoms with Gasteiger partial charge in [-0.3, -0.25) is 9.69 Å². The van der Waals surface area contributed by atoms with Crippen LogP contribution in [-0.4, -0.2) is 48.3 Å². The van der Waals surface area contributed by atoms with Crippen LogP contribution in [0.3, 0.4) is 0 Å². The third-order valence-electron chi connectivity index (χ3n) is 2.52. The van der Waals surface area contributed by atoms with Gasteiger partial charge in [0.25, 0.3) is 0 Å². The van der Waals surface area contributed by atoms with Crippen LogP contribution in [0.4, 0.5) is 18.9 Å². The molecule has 0 fully saturated rings. The lowest BCUT2D eigenvalue weighted by molar-refractivity contribution is -0.148. The van der Waals surface area contributed by atoms with Crippen LogP contribution < -0.4 is 5.32 Å². The fourth-order valence-electron chi connectivity index (χ4n) is 1.65. The molecule has 7 heteroatoms. The summed E-state index contributed by atoms with van der Waals surface area (Å²) in [5.41, 5.74) is 1.54. The van der Waals surface area contributed by atoms with Gasteiger partial charge in [0, 0.05) is 12.2 Å². The molecule has 0 aliphatic carbocycles. The number of aliphatic hydroxyl groups is 1. The molecule has 0 radical (unpaired) electrons. The van der Waals surface area contributed by atoms with Crippen LogP contribution in [0.1, 0.15) is 5.56 Å². The molecule has 1 aromatic carbocycles. The Morgan fingerprint density at radius 1 is 1.30 bits per heavy atom. The standard InChI is InChI=1S/C13H17F3N2O2/c1-10-2-4-11(5-3-10)17-12(20)8-18(6-7-19)9-13(14,15)16/h2-5,19H,6-9H2,1H3,(H,17,20). The lowest BCUT2D eigenvalue weighted by Gasteiger charge is -2.22. The molecule has 0 atom stereocenters. The van der Waals surface area contributed by atoms with E-state index in [9.17, 15) is 18.0 Å². The lowest BCUT2D eigenvalue weighted by Crippen LogP contribution is -2.41. The van der Waals surface area contributed by atoms with Gasteiger partial charge in [0.05, 0.1) is 19.7 Å². The third kappa shape index (κ3) is 6.53. The maximum atomic E-state index is 12.3. The van der Waals surface area contributed by atoms with Crippen LogP contribution in [0.15, 0.2) is 24.3 Å². The summed E-state index contributed by atoms with van der Waals surface area (Å²) in [4.78, 5) is 12.5. The molecule has 0 bridgehead atoms. The number of rotatable bonds is 6. The first kappa shape index (κ1) is 16.5. The number of carbonyl (C=O) groups excluding carboxylic acids is 1. The highest BCUT2D eigenvalue weighted by molar-refractivity contribution is 5.92. The molecule has 0 aliphatic heterocycles. The Hall–Kier alpha value is -1.60. The summed E-state index contributed by atoms with van der Waals surface area (Å²) < 4.78 is 36.9. The number of hydrogen-bond donors (Lipinski definition) is 2. The van der Waals surface area contributed by atoms with Gasteiger partial charge in [0.2, 0.25) is 5.91 Å². The number of nitrogens with one attached hydrogen (secondary N) is 1. The first-order valence-electron chi connectivity index (χ1n) is 6.06. The second kappa shape index (κ2) is 7.25. The predicted molar refractivity (Wildman–Crippen MR) is 69.4 cm³/mol. The maximum absolute atomic E-state index is 12.3. The zero-order valence-corrected chi connectivity index (χ0v) is 11.1. The van der Waals surface area contributed by atoms with Gasteiger partial charge in [0.1, 0.15) is 0 Å². The van der Waals surface area contributed by atoms with Crippen LogP contribution >= 0.6 is 0 Å². The molecule has 0 aromatic heterocycles. The minimum Gasteiger partial charge on any atom is -0.395 e. The van der Waals surface area contributed by atoms with E-state index in [0.717, 1.165) is 10.5 Å². The highest BCUT2D eigenvalue weighted by Crippen LogP contribution is 2.16. The second-order valence-corrected chi connectivity index (χ2v) is 4.46. The Kier molecular flexibility index (Phi) is 5.97. The molecule has 20 heavy (non-hydrogen) atoms. The molecular formula is C13H17F3N2O2. The number of aryl methyl sites for hydroxylation is 1. The smallest absolute Gasteiger partial charge is 0.395 e. The van der Waals surface area contributed by atoms with Crippen LogP contribution in [0, 0.1) is 6.92 Å². The Morgan fingerprint density at radius 2 is 1.90 bits per heavy atom. The number of alkyl halides is 3. The second-order valence-electron chi connectivity index (χ2n) is 4.46. The first-order valence-corrected chi connectivity index (χ1v) is 6.06. The van der Waals surface area contributed by atoms with E-state index in [2.05, 4.69) is 5.32 Å². The van der Waals surface area contributed by atoms with E-state index < -0.39 is 31.8 Å². The molecule has 1 amide bonds. The average Bonchev–Trinajstić information content (AvgIpc) is 2.30. The number of amides is 1. The molecule has 0 aliphatic rings. The molecule has 1 aromatic rings. The van der Waals surface area contributed by atoms with Crippen molar-refractivity contribution in [2.75, 3.05) is 31.6 Å². The van der Waals surface area contributed by atoms with Crippen LogP contribution in [0.25, 0.3) is 0 Å². The van der Waals surface area contributed by atoms with E-state index in [1.165, 1.54) is 0 Å². The highest BCUT2D eigenvalue weighted by atomic mass is 19.4. The molecule has 0 saturated carbocycles. The summed E-state index contributed by atoms with van der Waals surface area (Å²) in [7, 11) is 0. The summed E-state index contributed by atoms with van der Waals surface area (Å²) in [5, 5.41) is 11.2. The van der Waals surface area contributed by atoms with E-state index in [-0.39, 0.29) is 6.54 Å². The van der Waals surface area contributed by atoms with E-state index in [0.29, 0.717) is 5.69 Å². The summed E-state index contributed by atoms with van der Waals surface area (Å²) >= 11 is 0. The largest absolute Gasteiger partial charge is 0.401 e. The van der Waals surface area contributed by atoms with Gasteiger partial charge < -0.3 is 10.4 Å². The number of aliphatic hydroxyl groups excluding tert-OH is 1. The van der Waals surface area contributed by atoms with Crippen molar-refractivity contribution < 1.29 is 23.1 Å². The molecule has 2 N–H and O–H groups in total.